The molecule has 6 nitrogen and oxygen atoms in total. The number of aromatic amines is 1. The van der Waals surface area contributed by atoms with Crippen molar-refractivity contribution in [1.82, 2.24) is 20.5 Å². The molecule has 0 atom stereocenters. The van der Waals surface area contributed by atoms with E-state index in [1.165, 1.54) is 0 Å². The number of hydrogen-bond donors (Lipinski definition) is 3. The maximum Gasteiger partial charge on any atom is 0.255 e. The third kappa shape index (κ3) is 2.48. The van der Waals surface area contributed by atoms with Crippen molar-refractivity contribution in [3.63, 3.8) is 0 Å². The van der Waals surface area contributed by atoms with Crippen LogP contribution >= 0.6 is 0 Å². The number of H-pyrrole nitrogens is 1. The van der Waals surface area contributed by atoms with E-state index in [0.717, 1.165) is 11.3 Å². The van der Waals surface area contributed by atoms with Crippen LogP contribution in [0.4, 0.5) is 5.82 Å². The summed E-state index contributed by atoms with van der Waals surface area (Å²) in [6.45, 7) is 2.36. The number of amides is 1. The van der Waals surface area contributed by atoms with Gasteiger partial charge in [0.25, 0.3) is 5.91 Å². The number of carbonyl (C=O) groups excluding carboxylic acids is 1. The molecule has 0 bridgehead atoms. The van der Waals surface area contributed by atoms with Gasteiger partial charge in [-0.1, -0.05) is 0 Å². The third-order valence-corrected chi connectivity index (χ3v) is 2.66. The van der Waals surface area contributed by atoms with E-state index in [4.69, 9.17) is 0 Å². The second-order valence-electron chi connectivity index (χ2n) is 3.85. The molecular weight excluding hydrogens is 230 g/mol. The minimum Gasteiger partial charge on any atom is -0.372 e. The van der Waals surface area contributed by atoms with Gasteiger partial charge >= 0.3 is 0 Å². The largest absolute Gasteiger partial charge is 0.372 e. The van der Waals surface area contributed by atoms with Crippen LogP contribution in [0.3, 0.4) is 0 Å². The topological polar surface area (TPSA) is 82.7 Å². The molecule has 0 aliphatic rings. The van der Waals surface area contributed by atoms with Gasteiger partial charge in [0.15, 0.2) is 0 Å². The first kappa shape index (κ1) is 12.1. The maximum absolute atomic E-state index is 12.0. The molecule has 0 radical (unpaired) electrons. The minimum atomic E-state index is -0.159. The molecule has 0 unspecified atom stereocenters. The number of carbonyl (C=O) groups is 1. The molecule has 18 heavy (non-hydrogen) atoms. The van der Waals surface area contributed by atoms with E-state index in [2.05, 4.69) is 25.8 Å². The normalized spacial score (nSPS) is 10.1. The number of hydrogen-bond acceptors (Lipinski definition) is 4. The SMILES string of the molecule is CNc1ncccc1C(=O)NCc1cn[nH]c1C. The van der Waals surface area contributed by atoms with Crippen LogP contribution in [0.15, 0.2) is 24.5 Å². The van der Waals surface area contributed by atoms with Gasteiger partial charge in [0.05, 0.1) is 11.8 Å². The van der Waals surface area contributed by atoms with Gasteiger partial charge in [0.2, 0.25) is 0 Å². The van der Waals surface area contributed by atoms with Crippen LogP contribution in [-0.4, -0.2) is 28.1 Å². The van der Waals surface area contributed by atoms with Crippen molar-refractivity contribution in [2.24, 2.45) is 0 Å². The van der Waals surface area contributed by atoms with Crippen LogP contribution in [0, 0.1) is 6.92 Å². The summed E-state index contributed by atoms with van der Waals surface area (Å²) in [6, 6.07) is 3.47. The molecule has 0 aliphatic carbocycles. The highest BCUT2D eigenvalue weighted by Crippen LogP contribution is 2.10. The average Bonchev–Trinajstić information content (AvgIpc) is 2.81. The summed E-state index contributed by atoms with van der Waals surface area (Å²) >= 11 is 0. The lowest BCUT2D eigenvalue weighted by molar-refractivity contribution is 0.0951. The van der Waals surface area contributed by atoms with Gasteiger partial charge in [-0.15, -0.1) is 0 Å². The van der Waals surface area contributed by atoms with Gasteiger partial charge < -0.3 is 10.6 Å². The molecule has 2 aromatic heterocycles. The fourth-order valence-corrected chi connectivity index (χ4v) is 1.61. The standard InChI is InChI=1S/C12H15N5O/c1-8-9(7-16-17-8)6-15-12(18)10-4-3-5-14-11(10)13-2/h3-5,7H,6H2,1-2H3,(H,13,14)(H,15,18)(H,16,17). The van der Waals surface area contributed by atoms with Crippen LogP contribution in [0.25, 0.3) is 0 Å². The predicted molar refractivity (Wildman–Crippen MR) is 68.3 cm³/mol. The van der Waals surface area contributed by atoms with E-state index < -0.39 is 0 Å². The Labute approximate surface area is 105 Å². The Hall–Kier alpha value is -2.37. The fourth-order valence-electron chi connectivity index (χ4n) is 1.61. The highest BCUT2D eigenvalue weighted by atomic mass is 16.1. The van der Waals surface area contributed by atoms with E-state index in [9.17, 15) is 4.79 Å². The lowest BCUT2D eigenvalue weighted by atomic mass is 10.2. The van der Waals surface area contributed by atoms with Gasteiger partial charge in [-0.3, -0.25) is 9.89 Å². The van der Waals surface area contributed by atoms with Crippen molar-refractivity contribution < 1.29 is 4.79 Å². The first-order valence-corrected chi connectivity index (χ1v) is 5.62. The number of aromatic nitrogens is 3. The van der Waals surface area contributed by atoms with Crippen LogP contribution in [0.5, 0.6) is 0 Å². The molecule has 0 aromatic carbocycles. The van der Waals surface area contributed by atoms with Crippen LogP contribution in [0.1, 0.15) is 21.6 Å². The molecule has 94 valence electrons. The molecule has 2 heterocycles. The van der Waals surface area contributed by atoms with Crippen molar-refractivity contribution in [2.45, 2.75) is 13.5 Å². The summed E-state index contributed by atoms with van der Waals surface area (Å²) in [5, 5.41) is 12.5. The van der Waals surface area contributed by atoms with Crippen molar-refractivity contribution in [3.05, 3.63) is 41.3 Å². The van der Waals surface area contributed by atoms with Crippen LogP contribution in [-0.2, 0) is 6.54 Å². The summed E-state index contributed by atoms with van der Waals surface area (Å²) in [5.41, 5.74) is 2.45. The van der Waals surface area contributed by atoms with E-state index in [1.54, 1.807) is 31.6 Å². The fraction of sp³-hybridized carbons (Fsp3) is 0.250. The summed E-state index contributed by atoms with van der Waals surface area (Å²) in [5.74, 6) is 0.409. The summed E-state index contributed by atoms with van der Waals surface area (Å²) in [7, 11) is 1.74. The maximum atomic E-state index is 12.0. The van der Waals surface area contributed by atoms with Crippen molar-refractivity contribution in [2.75, 3.05) is 12.4 Å². The van der Waals surface area contributed by atoms with E-state index in [-0.39, 0.29) is 5.91 Å². The highest BCUT2D eigenvalue weighted by molar-refractivity contribution is 5.98. The molecule has 6 heteroatoms. The summed E-state index contributed by atoms with van der Waals surface area (Å²) in [6.07, 6.45) is 3.35. The van der Waals surface area contributed by atoms with Gasteiger partial charge in [0.1, 0.15) is 5.82 Å². The molecule has 0 saturated heterocycles. The second-order valence-corrected chi connectivity index (χ2v) is 3.85. The highest BCUT2D eigenvalue weighted by Gasteiger charge is 2.11. The lowest BCUT2D eigenvalue weighted by Gasteiger charge is -2.08. The summed E-state index contributed by atoms with van der Waals surface area (Å²) in [4.78, 5) is 16.1. The Balaban J connectivity index is 2.06. The van der Waals surface area contributed by atoms with E-state index in [1.807, 2.05) is 6.92 Å². The Morgan fingerprint density at radius 3 is 3.00 bits per heavy atom. The van der Waals surface area contributed by atoms with Gasteiger partial charge in [0, 0.05) is 31.0 Å². The third-order valence-electron chi connectivity index (χ3n) is 2.66. The monoisotopic (exact) mass is 245 g/mol. The zero-order valence-electron chi connectivity index (χ0n) is 10.3. The first-order chi connectivity index (χ1) is 8.72. The second kappa shape index (κ2) is 5.31. The number of rotatable bonds is 4. The smallest absolute Gasteiger partial charge is 0.255 e. The predicted octanol–water partition coefficient (Wildman–Crippen LogP) is 1.08. The molecule has 0 aliphatic heterocycles. The minimum absolute atomic E-state index is 0.159. The Kier molecular flexibility index (Phi) is 3.57. The van der Waals surface area contributed by atoms with Crippen LogP contribution < -0.4 is 10.6 Å². The van der Waals surface area contributed by atoms with Gasteiger partial charge in [-0.05, 0) is 19.1 Å². The van der Waals surface area contributed by atoms with Crippen molar-refractivity contribution in [1.29, 1.82) is 0 Å². The zero-order chi connectivity index (χ0) is 13.0. The van der Waals surface area contributed by atoms with Crippen LogP contribution in [0.2, 0.25) is 0 Å². The Bertz CT molecular complexity index is 549. The van der Waals surface area contributed by atoms with Crippen molar-refractivity contribution >= 4 is 11.7 Å². The number of anilines is 1. The molecule has 1 amide bonds. The molecule has 2 rings (SSSR count). The quantitative estimate of drug-likeness (QED) is 0.753. The van der Waals surface area contributed by atoms with Gasteiger partial charge in [-0.25, -0.2) is 4.98 Å². The number of aryl methyl sites for hydroxylation is 1. The number of nitrogens with zero attached hydrogens (tertiary/aromatic N) is 2. The molecule has 2 aromatic rings. The number of pyridine rings is 1. The van der Waals surface area contributed by atoms with Gasteiger partial charge in [-0.2, -0.15) is 5.10 Å². The molecule has 3 N–H and O–H groups in total. The summed E-state index contributed by atoms with van der Waals surface area (Å²) < 4.78 is 0. The molecule has 0 saturated carbocycles. The molecule has 0 spiro atoms. The lowest BCUT2D eigenvalue weighted by Crippen LogP contribution is -2.24. The molecular formula is C12H15N5O. The van der Waals surface area contributed by atoms with Crippen molar-refractivity contribution in [3.8, 4) is 0 Å². The Morgan fingerprint density at radius 1 is 1.50 bits per heavy atom. The number of nitrogens with one attached hydrogen (secondary N) is 3. The Morgan fingerprint density at radius 2 is 2.33 bits per heavy atom. The zero-order valence-corrected chi connectivity index (χ0v) is 10.3. The first-order valence-electron chi connectivity index (χ1n) is 5.62. The van der Waals surface area contributed by atoms with E-state index >= 15 is 0 Å². The average molecular weight is 245 g/mol. The van der Waals surface area contributed by atoms with E-state index in [0.29, 0.717) is 17.9 Å². The molecule has 0 fully saturated rings.